The van der Waals surface area contributed by atoms with Gasteiger partial charge >= 0.3 is 0 Å². The molecule has 0 saturated carbocycles. The fourth-order valence-corrected chi connectivity index (χ4v) is 4.06. The Bertz CT molecular complexity index is 959. The number of Topliss-reactive ketones (excluding diaryl/α,β-unsaturated/α-hetero) is 1. The van der Waals surface area contributed by atoms with Gasteiger partial charge in [0.2, 0.25) is 0 Å². The highest BCUT2D eigenvalue weighted by molar-refractivity contribution is 6.46. The van der Waals surface area contributed by atoms with Crippen molar-refractivity contribution in [1.29, 1.82) is 0 Å². The smallest absolute Gasteiger partial charge is 0.295 e. The molecule has 1 N–H and O–H groups in total. The normalized spacial score (nSPS) is 23.7. The van der Waals surface area contributed by atoms with Crippen molar-refractivity contribution in [2.24, 2.45) is 0 Å². The van der Waals surface area contributed by atoms with E-state index in [0.29, 0.717) is 23.7 Å². The van der Waals surface area contributed by atoms with Crippen LogP contribution in [-0.2, 0) is 14.3 Å². The van der Waals surface area contributed by atoms with E-state index in [1.807, 2.05) is 19.1 Å². The number of likely N-dealkylation sites (tertiary alicyclic amines) is 1. The van der Waals surface area contributed by atoms with Crippen LogP contribution in [-0.4, -0.2) is 41.0 Å². The Morgan fingerprint density at radius 3 is 2.45 bits per heavy atom. The minimum Gasteiger partial charge on any atom is -0.507 e. The Balaban J connectivity index is 1.81. The molecule has 0 spiro atoms. The number of rotatable bonds is 4. The Morgan fingerprint density at radius 1 is 1.14 bits per heavy atom. The van der Waals surface area contributed by atoms with Gasteiger partial charge in [-0.05, 0) is 37.5 Å². The highest BCUT2D eigenvalue weighted by Crippen LogP contribution is 2.40. The average molecular weight is 412 g/mol. The average Bonchev–Trinajstić information content (AvgIpc) is 3.31. The molecule has 2 aliphatic heterocycles. The van der Waals surface area contributed by atoms with Gasteiger partial charge in [0.25, 0.3) is 11.7 Å². The van der Waals surface area contributed by atoms with E-state index < -0.39 is 17.7 Å². The highest BCUT2D eigenvalue weighted by Gasteiger charge is 2.47. The minimum absolute atomic E-state index is 0.0965. The molecule has 2 aromatic carbocycles. The van der Waals surface area contributed by atoms with E-state index in [2.05, 4.69) is 0 Å². The van der Waals surface area contributed by atoms with Gasteiger partial charge in [-0.2, -0.15) is 0 Å². The van der Waals surface area contributed by atoms with Crippen molar-refractivity contribution in [1.82, 2.24) is 4.90 Å². The molecule has 2 aliphatic rings. The molecular weight excluding hydrogens is 390 g/mol. The summed E-state index contributed by atoms with van der Waals surface area (Å²) in [5.41, 5.74) is 2.36. The first kappa shape index (κ1) is 19.7. The lowest BCUT2D eigenvalue weighted by atomic mass is 9.95. The van der Waals surface area contributed by atoms with E-state index in [-0.39, 0.29) is 17.4 Å². The molecule has 0 radical (unpaired) electrons. The van der Waals surface area contributed by atoms with E-state index >= 15 is 0 Å². The van der Waals surface area contributed by atoms with Crippen LogP contribution >= 0.6 is 11.6 Å². The van der Waals surface area contributed by atoms with Gasteiger partial charge in [0, 0.05) is 23.7 Å². The molecule has 2 fully saturated rings. The van der Waals surface area contributed by atoms with Gasteiger partial charge in [0.1, 0.15) is 5.76 Å². The fourth-order valence-electron chi connectivity index (χ4n) is 3.93. The number of aryl methyl sites for hydroxylation is 1. The zero-order valence-corrected chi connectivity index (χ0v) is 16.9. The molecule has 6 heteroatoms. The number of carbonyl (C=O) groups is 2. The maximum atomic E-state index is 12.9. The van der Waals surface area contributed by atoms with Crippen LogP contribution in [0, 0.1) is 6.92 Å². The van der Waals surface area contributed by atoms with Crippen molar-refractivity contribution >= 4 is 29.1 Å². The molecule has 150 valence electrons. The Kier molecular flexibility index (Phi) is 5.43. The van der Waals surface area contributed by atoms with E-state index in [4.69, 9.17) is 16.3 Å². The minimum atomic E-state index is -0.683. The van der Waals surface area contributed by atoms with Crippen LogP contribution in [0.15, 0.2) is 54.1 Å². The van der Waals surface area contributed by atoms with Gasteiger partial charge < -0.3 is 14.7 Å². The van der Waals surface area contributed by atoms with E-state index in [1.54, 1.807) is 36.4 Å². The van der Waals surface area contributed by atoms with Crippen LogP contribution in [0.4, 0.5) is 0 Å². The maximum Gasteiger partial charge on any atom is 0.295 e. The van der Waals surface area contributed by atoms with Crippen LogP contribution in [0.25, 0.3) is 5.76 Å². The third-order valence-corrected chi connectivity index (χ3v) is 5.73. The summed E-state index contributed by atoms with van der Waals surface area (Å²) in [6.45, 7) is 2.91. The number of hydrogen-bond donors (Lipinski definition) is 1. The summed E-state index contributed by atoms with van der Waals surface area (Å²) in [5.74, 6) is -1.46. The van der Waals surface area contributed by atoms with Gasteiger partial charge in [-0.1, -0.05) is 53.6 Å². The third-order valence-electron chi connectivity index (χ3n) is 5.48. The maximum absolute atomic E-state index is 12.9. The molecule has 4 rings (SSSR count). The number of amides is 1. The molecule has 0 bridgehead atoms. The van der Waals surface area contributed by atoms with Crippen molar-refractivity contribution in [3.05, 3.63) is 75.8 Å². The van der Waals surface area contributed by atoms with E-state index in [1.165, 1.54) is 4.90 Å². The Morgan fingerprint density at radius 2 is 1.83 bits per heavy atom. The lowest BCUT2D eigenvalue weighted by Crippen LogP contribution is -2.36. The van der Waals surface area contributed by atoms with E-state index in [9.17, 15) is 14.7 Å². The van der Waals surface area contributed by atoms with Gasteiger partial charge in [-0.25, -0.2) is 0 Å². The fraction of sp³-hybridized carbons (Fsp3) is 0.304. The summed E-state index contributed by atoms with van der Waals surface area (Å²) in [5, 5.41) is 11.5. The molecule has 2 saturated heterocycles. The summed E-state index contributed by atoms with van der Waals surface area (Å²) in [6, 6.07) is 13.5. The second-order valence-corrected chi connectivity index (χ2v) is 7.94. The van der Waals surface area contributed by atoms with Gasteiger partial charge in [-0.3, -0.25) is 9.59 Å². The number of hydrogen-bond acceptors (Lipinski definition) is 4. The second-order valence-electron chi connectivity index (χ2n) is 7.50. The predicted octanol–water partition coefficient (Wildman–Crippen LogP) is 4.25. The van der Waals surface area contributed by atoms with Crippen molar-refractivity contribution in [2.75, 3.05) is 13.2 Å². The molecular formula is C23H22ClNO4. The number of nitrogens with zero attached hydrogens (tertiary/aromatic N) is 1. The first-order valence-electron chi connectivity index (χ1n) is 9.68. The second kappa shape index (κ2) is 8.01. The summed E-state index contributed by atoms with van der Waals surface area (Å²) in [6.07, 6.45) is 1.67. The predicted molar refractivity (Wildman–Crippen MR) is 111 cm³/mol. The zero-order chi connectivity index (χ0) is 20.5. The van der Waals surface area contributed by atoms with Crippen molar-refractivity contribution < 1.29 is 19.4 Å². The van der Waals surface area contributed by atoms with Crippen molar-refractivity contribution in [3.8, 4) is 0 Å². The summed E-state index contributed by atoms with van der Waals surface area (Å²) in [4.78, 5) is 27.4. The number of ether oxygens (including phenoxy) is 1. The number of aliphatic hydroxyl groups is 1. The quantitative estimate of drug-likeness (QED) is 0.464. The van der Waals surface area contributed by atoms with Crippen LogP contribution in [0.1, 0.15) is 35.6 Å². The monoisotopic (exact) mass is 411 g/mol. The molecule has 2 aromatic rings. The number of benzene rings is 2. The van der Waals surface area contributed by atoms with Crippen LogP contribution < -0.4 is 0 Å². The van der Waals surface area contributed by atoms with Gasteiger partial charge in [0.15, 0.2) is 0 Å². The summed E-state index contributed by atoms with van der Waals surface area (Å²) in [7, 11) is 0. The van der Waals surface area contributed by atoms with E-state index in [0.717, 1.165) is 24.0 Å². The molecule has 0 unspecified atom stereocenters. The standard InChI is InChI=1S/C23H22ClNO4/c1-14-4-6-16(7-5-14)21(26)19-20(15-8-10-17(24)11-9-15)25(23(28)22(19)27)13-18-3-2-12-29-18/h4-11,18,20,26H,2-3,12-13H2,1H3/t18-,20+/m1/s1. The lowest BCUT2D eigenvalue weighted by Gasteiger charge is -2.27. The van der Waals surface area contributed by atoms with Crippen LogP contribution in [0.2, 0.25) is 5.02 Å². The molecule has 1 amide bonds. The van der Waals surface area contributed by atoms with Gasteiger partial charge in [-0.15, -0.1) is 0 Å². The van der Waals surface area contributed by atoms with Gasteiger partial charge in [0.05, 0.1) is 17.7 Å². The summed E-state index contributed by atoms with van der Waals surface area (Å²) < 4.78 is 5.69. The van der Waals surface area contributed by atoms with Crippen LogP contribution in [0.3, 0.4) is 0 Å². The SMILES string of the molecule is Cc1ccc(C(O)=C2C(=O)C(=O)N(C[C@H]3CCCO3)[C@H]2c2ccc(Cl)cc2)cc1. The highest BCUT2D eigenvalue weighted by atomic mass is 35.5. The van der Waals surface area contributed by atoms with Crippen LogP contribution in [0.5, 0.6) is 0 Å². The third kappa shape index (κ3) is 3.80. The number of halogens is 1. The van der Waals surface area contributed by atoms with Crippen molar-refractivity contribution in [3.63, 3.8) is 0 Å². The molecule has 5 nitrogen and oxygen atoms in total. The Hall–Kier alpha value is -2.63. The lowest BCUT2D eigenvalue weighted by molar-refractivity contribution is -0.140. The Labute approximate surface area is 174 Å². The molecule has 2 heterocycles. The summed E-state index contributed by atoms with van der Waals surface area (Å²) >= 11 is 6.03. The first-order valence-corrected chi connectivity index (χ1v) is 10.1. The number of ketones is 1. The first-order chi connectivity index (χ1) is 14.0. The van der Waals surface area contributed by atoms with Crippen molar-refractivity contribution in [2.45, 2.75) is 31.9 Å². The largest absolute Gasteiger partial charge is 0.507 e. The molecule has 2 atom stereocenters. The zero-order valence-electron chi connectivity index (χ0n) is 16.1. The molecule has 0 aliphatic carbocycles. The molecule has 29 heavy (non-hydrogen) atoms. The molecule has 0 aromatic heterocycles. The number of carbonyl (C=O) groups excluding carboxylic acids is 2. The topological polar surface area (TPSA) is 66.8 Å². The number of aliphatic hydroxyl groups excluding tert-OH is 1.